The standard InChI is InChI=1S/C18H25NO2/c1-4-15-17(13-8-5-6-9-16(13)21-15)14(19-2)12-18(20-3)10-7-11-18/h5-6,8-9,14,19H,4,7,10-12H2,1-3H3. The molecule has 1 aliphatic carbocycles. The molecule has 0 saturated heterocycles. The molecule has 1 fully saturated rings. The Morgan fingerprint density at radius 3 is 2.67 bits per heavy atom. The van der Waals surface area contributed by atoms with E-state index < -0.39 is 0 Å². The van der Waals surface area contributed by atoms with Crippen LogP contribution in [0.15, 0.2) is 28.7 Å². The van der Waals surface area contributed by atoms with Crippen LogP contribution in [-0.2, 0) is 11.2 Å². The van der Waals surface area contributed by atoms with Crippen LogP contribution in [0.4, 0.5) is 0 Å². The summed E-state index contributed by atoms with van der Waals surface area (Å²) in [5.41, 5.74) is 2.36. The lowest BCUT2D eigenvalue weighted by Crippen LogP contribution is -2.42. The predicted octanol–water partition coefficient (Wildman–Crippen LogP) is 4.21. The Kier molecular flexibility index (Phi) is 4.05. The van der Waals surface area contributed by atoms with Crippen molar-refractivity contribution in [3.8, 4) is 0 Å². The van der Waals surface area contributed by atoms with Crippen molar-refractivity contribution >= 4 is 11.0 Å². The van der Waals surface area contributed by atoms with E-state index in [-0.39, 0.29) is 11.6 Å². The minimum absolute atomic E-state index is 0.0526. The minimum atomic E-state index is 0.0526. The lowest BCUT2D eigenvalue weighted by Gasteiger charge is -2.42. The number of fused-ring (bicyclic) bond motifs is 1. The monoisotopic (exact) mass is 287 g/mol. The second-order valence-electron chi connectivity index (χ2n) is 6.07. The van der Waals surface area contributed by atoms with Crippen molar-refractivity contribution < 1.29 is 9.15 Å². The molecule has 1 atom stereocenters. The van der Waals surface area contributed by atoms with Crippen LogP contribution in [0.25, 0.3) is 11.0 Å². The van der Waals surface area contributed by atoms with Gasteiger partial charge in [-0.3, -0.25) is 0 Å². The number of benzene rings is 1. The zero-order chi connectivity index (χ0) is 14.9. The lowest BCUT2D eigenvalue weighted by molar-refractivity contribution is -0.0834. The Hall–Kier alpha value is -1.32. The van der Waals surface area contributed by atoms with E-state index in [2.05, 4.69) is 30.4 Å². The fourth-order valence-corrected chi connectivity index (χ4v) is 3.54. The summed E-state index contributed by atoms with van der Waals surface area (Å²) in [5.74, 6) is 1.10. The highest BCUT2D eigenvalue weighted by Gasteiger charge is 2.40. The van der Waals surface area contributed by atoms with Gasteiger partial charge >= 0.3 is 0 Å². The molecule has 114 valence electrons. The van der Waals surface area contributed by atoms with Crippen LogP contribution in [-0.4, -0.2) is 19.8 Å². The summed E-state index contributed by atoms with van der Waals surface area (Å²) in [5, 5.41) is 4.72. The van der Waals surface area contributed by atoms with Gasteiger partial charge in [-0.2, -0.15) is 0 Å². The molecule has 2 aromatic rings. The van der Waals surface area contributed by atoms with Gasteiger partial charge in [0.2, 0.25) is 0 Å². The van der Waals surface area contributed by atoms with Crippen molar-refractivity contribution in [1.29, 1.82) is 0 Å². The van der Waals surface area contributed by atoms with Gasteiger partial charge in [0.05, 0.1) is 5.60 Å². The Morgan fingerprint density at radius 1 is 1.33 bits per heavy atom. The molecule has 1 N–H and O–H groups in total. The van der Waals surface area contributed by atoms with E-state index in [1.807, 2.05) is 20.2 Å². The van der Waals surface area contributed by atoms with E-state index in [9.17, 15) is 0 Å². The van der Waals surface area contributed by atoms with E-state index in [1.54, 1.807) is 0 Å². The SMILES string of the molecule is CCc1oc2ccccc2c1C(CC1(OC)CCC1)NC. The summed E-state index contributed by atoms with van der Waals surface area (Å²) in [6.07, 6.45) is 5.54. The first-order valence-corrected chi connectivity index (χ1v) is 7.95. The average molecular weight is 287 g/mol. The van der Waals surface area contributed by atoms with Crippen molar-refractivity contribution in [3.63, 3.8) is 0 Å². The Morgan fingerprint density at radius 2 is 2.10 bits per heavy atom. The molecule has 0 amide bonds. The molecule has 1 aliphatic rings. The fourth-order valence-electron chi connectivity index (χ4n) is 3.54. The van der Waals surface area contributed by atoms with E-state index >= 15 is 0 Å². The highest BCUT2D eigenvalue weighted by molar-refractivity contribution is 5.82. The average Bonchev–Trinajstić information content (AvgIpc) is 2.86. The largest absolute Gasteiger partial charge is 0.461 e. The molecule has 3 heteroatoms. The molecular formula is C18H25NO2. The van der Waals surface area contributed by atoms with Crippen LogP contribution in [0.1, 0.15) is 50.0 Å². The maximum absolute atomic E-state index is 6.05. The lowest BCUT2D eigenvalue weighted by atomic mass is 9.74. The van der Waals surface area contributed by atoms with Crippen LogP contribution in [0.3, 0.4) is 0 Å². The normalized spacial score (nSPS) is 18.6. The molecule has 21 heavy (non-hydrogen) atoms. The third kappa shape index (κ3) is 2.49. The first-order valence-electron chi connectivity index (χ1n) is 7.95. The van der Waals surface area contributed by atoms with Crippen LogP contribution < -0.4 is 5.32 Å². The fraction of sp³-hybridized carbons (Fsp3) is 0.556. The van der Waals surface area contributed by atoms with E-state index in [0.717, 1.165) is 24.2 Å². The molecule has 1 heterocycles. The van der Waals surface area contributed by atoms with Gasteiger partial charge in [-0.15, -0.1) is 0 Å². The number of aryl methyl sites for hydroxylation is 1. The Labute approximate surface area is 126 Å². The molecule has 3 nitrogen and oxygen atoms in total. The number of nitrogens with one attached hydrogen (secondary N) is 1. The Balaban J connectivity index is 1.99. The number of methoxy groups -OCH3 is 1. The minimum Gasteiger partial charge on any atom is -0.461 e. The zero-order valence-corrected chi connectivity index (χ0v) is 13.2. The quantitative estimate of drug-likeness (QED) is 0.864. The van der Waals surface area contributed by atoms with Crippen LogP contribution in [0.5, 0.6) is 0 Å². The first kappa shape index (κ1) is 14.6. The van der Waals surface area contributed by atoms with Crippen LogP contribution >= 0.6 is 0 Å². The second-order valence-corrected chi connectivity index (χ2v) is 6.07. The van der Waals surface area contributed by atoms with Gasteiger partial charge < -0.3 is 14.5 Å². The number of ether oxygens (including phenoxy) is 1. The van der Waals surface area contributed by atoms with Crippen molar-refractivity contribution in [2.24, 2.45) is 0 Å². The van der Waals surface area contributed by atoms with Gasteiger partial charge in [0, 0.05) is 30.5 Å². The summed E-state index contributed by atoms with van der Waals surface area (Å²) >= 11 is 0. The van der Waals surface area contributed by atoms with E-state index in [1.165, 1.54) is 30.2 Å². The topological polar surface area (TPSA) is 34.4 Å². The molecule has 1 aromatic carbocycles. The summed E-state index contributed by atoms with van der Waals surface area (Å²) in [7, 11) is 3.88. The van der Waals surface area contributed by atoms with Gasteiger partial charge in [0.1, 0.15) is 11.3 Å². The van der Waals surface area contributed by atoms with Crippen molar-refractivity contribution in [2.75, 3.05) is 14.2 Å². The summed E-state index contributed by atoms with van der Waals surface area (Å²) in [4.78, 5) is 0. The van der Waals surface area contributed by atoms with E-state index in [0.29, 0.717) is 0 Å². The second kappa shape index (κ2) is 5.82. The number of hydrogen-bond donors (Lipinski definition) is 1. The molecular weight excluding hydrogens is 262 g/mol. The predicted molar refractivity (Wildman–Crippen MR) is 85.6 cm³/mol. The van der Waals surface area contributed by atoms with Crippen molar-refractivity contribution in [3.05, 3.63) is 35.6 Å². The smallest absolute Gasteiger partial charge is 0.134 e. The molecule has 1 aromatic heterocycles. The van der Waals surface area contributed by atoms with Gasteiger partial charge in [0.15, 0.2) is 0 Å². The Bertz CT molecular complexity index is 607. The molecule has 0 radical (unpaired) electrons. The third-order valence-corrected chi connectivity index (χ3v) is 5.00. The van der Waals surface area contributed by atoms with Gasteiger partial charge in [-0.25, -0.2) is 0 Å². The molecule has 3 rings (SSSR count). The number of para-hydroxylation sites is 1. The number of rotatable bonds is 6. The summed E-state index contributed by atoms with van der Waals surface area (Å²) in [6.45, 7) is 2.16. The summed E-state index contributed by atoms with van der Waals surface area (Å²) < 4.78 is 11.9. The van der Waals surface area contributed by atoms with Crippen LogP contribution in [0.2, 0.25) is 0 Å². The highest BCUT2D eigenvalue weighted by Crippen LogP contribution is 2.44. The molecule has 0 spiro atoms. The maximum atomic E-state index is 6.05. The molecule has 1 saturated carbocycles. The van der Waals surface area contributed by atoms with E-state index in [4.69, 9.17) is 9.15 Å². The van der Waals surface area contributed by atoms with Crippen molar-refractivity contribution in [1.82, 2.24) is 5.32 Å². The van der Waals surface area contributed by atoms with Gasteiger partial charge in [0.25, 0.3) is 0 Å². The highest BCUT2D eigenvalue weighted by atomic mass is 16.5. The number of hydrogen-bond acceptors (Lipinski definition) is 3. The zero-order valence-electron chi connectivity index (χ0n) is 13.2. The first-order chi connectivity index (χ1) is 10.2. The third-order valence-electron chi connectivity index (χ3n) is 5.00. The van der Waals surface area contributed by atoms with Crippen molar-refractivity contribution in [2.45, 2.75) is 50.7 Å². The van der Waals surface area contributed by atoms with Gasteiger partial charge in [-0.1, -0.05) is 25.1 Å². The number of furan rings is 1. The molecule has 0 bridgehead atoms. The van der Waals surface area contributed by atoms with Crippen LogP contribution in [0, 0.1) is 0 Å². The summed E-state index contributed by atoms with van der Waals surface area (Å²) in [6, 6.07) is 8.62. The molecule has 0 aliphatic heterocycles. The maximum Gasteiger partial charge on any atom is 0.134 e. The van der Waals surface area contributed by atoms with Gasteiger partial charge in [-0.05, 0) is 38.8 Å². The molecule has 1 unspecified atom stereocenters.